The van der Waals surface area contributed by atoms with Gasteiger partial charge in [0.05, 0.1) is 0 Å². The maximum absolute atomic E-state index is 6.24. The second-order valence-electron chi connectivity index (χ2n) is 4.62. The van der Waals surface area contributed by atoms with Crippen molar-refractivity contribution in [3.05, 3.63) is 57.3 Å². The summed E-state index contributed by atoms with van der Waals surface area (Å²) in [4.78, 5) is 1.38. The normalized spacial score (nSPS) is 12.6. The van der Waals surface area contributed by atoms with Crippen LogP contribution in [0.15, 0.2) is 35.7 Å². The number of hydrogen-bond donors (Lipinski definition) is 1. The first-order valence-corrected chi connectivity index (χ1v) is 6.88. The summed E-state index contributed by atoms with van der Waals surface area (Å²) in [5.41, 5.74) is 10.4. The van der Waals surface area contributed by atoms with E-state index in [0.29, 0.717) is 0 Å². The van der Waals surface area contributed by atoms with E-state index in [1.54, 1.807) is 11.3 Å². The van der Waals surface area contributed by atoms with Gasteiger partial charge in [0.2, 0.25) is 0 Å². The van der Waals surface area contributed by atoms with Crippen LogP contribution in [0, 0.1) is 13.8 Å². The summed E-state index contributed by atoms with van der Waals surface area (Å²) in [5.74, 6) is 0. The quantitative estimate of drug-likeness (QED) is 0.877. The van der Waals surface area contributed by atoms with Gasteiger partial charge in [-0.05, 0) is 54.8 Å². The Kier molecular flexibility index (Phi) is 3.97. The monoisotopic (exact) mass is 245 g/mol. The number of nitrogens with two attached hydrogens (primary N) is 1. The van der Waals surface area contributed by atoms with Crippen molar-refractivity contribution in [1.82, 2.24) is 0 Å². The largest absolute Gasteiger partial charge is 0.327 e. The third-order valence-corrected chi connectivity index (χ3v) is 4.05. The Morgan fingerprint density at radius 2 is 1.76 bits per heavy atom. The molecule has 2 heteroatoms. The fourth-order valence-electron chi connectivity index (χ4n) is 2.19. The second-order valence-corrected chi connectivity index (χ2v) is 5.65. The predicted octanol–water partition coefficient (Wildman–Crippen LogP) is 3.48. The lowest BCUT2D eigenvalue weighted by Gasteiger charge is -2.15. The molecule has 1 aromatic heterocycles. The van der Waals surface area contributed by atoms with Gasteiger partial charge in [-0.3, -0.25) is 0 Å². The summed E-state index contributed by atoms with van der Waals surface area (Å²) in [7, 11) is 0. The molecule has 0 fully saturated rings. The maximum atomic E-state index is 6.24. The molecule has 0 bridgehead atoms. The van der Waals surface area contributed by atoms with Crippen molar-refractivity contribution in [2.75, 3.05) is 0 Å². The van der Waals surface area contributed by atoms with Crippen molar-refractivity contribution in [2.24, 2.45) is 5.73 Å². The molecule has 0 aliphatic heterocycles. The number of benzene rings is 1. The van der Waals surface area contributed by atoms with Crippen LogP contribution in [0.5, 0.6) is 0 Å². The summed E-state index contributed by atoms with van der Waals surface area (Å²) in [6.45, 7) is 4.33. The fourth-order valence-corrected chi connectivity index (χ4v) is 2.99. The molecule has 2 N–H and O–H groups in total. The molecule has 1 heterocycles. The van der Waals surface area contributed by atoms with Gasteiger partial charge in [-0.1, -0.05) is 24.3 Å². The first-order chi connectivity index (χ1) is 8.16. The number of hydrogen-bond acceptors (Lipinski definition) is 2. The van der Waals surface area contributed by atoms with Crippen LogP contribution in [0.4, 0.5) is 0 Å². The Morgan fingerprint density at radius 3 is 2.35 bits per heavy atom. The van der Waals surface area contributed by atoms with E-state index in [1.807, 2.05) is 0 Å². The zero-order valence-electron chi connectivity index (χ0n) is 10.4. The SMILES string of the molecule is Cc1cccc(C)c1CC(N)Cc1cccs1. The molecule has 0 saturated carbocycles. The number of rotatable bonds is 4. The molecular formula is C15H19NS. The predicted molar refractivity (Wildman–Crippen MR) is 75.6 cm³/mol. The van der Waals surface area contributed by atoms with E-state index < -0.39 is 0 Å². The Balaban J connectivity index is 2.05. The van der Waals surface area contributed by atoms with Gasteiger partial charge in [0, 0.05) is 10.9 Å². The van der Waals surface area contributed by atoms with Crippen LogP contribution in [0.3, 0.4) is 0 Å². The molecule has 2 aromatic rings. The number of thiophene rings is 1. The van der Waals surface area contributed by atoms with Gasteiger partial charge in [-0.15, -0.1) is 11.3 Å². The van der Waals surface area contributed by atoms with Gasteiger partial charge in [-0.25, -0.2) is 0 Å². The van der Waals surface area contributed by atoms with Gasteiger partial charge in [0.15, 0.2) is 0 Å². The van der Waals surface area contributed by atoms with Crippen LogP contribution in [-0.4, -0.2) is 6.04 Å². The number of aryl methyl sites for hydroxylation is 2. The lowest BCUT2D eigenvalue weighted by Crippen LogP contribution is -2.25. The molecule has 0 amide bonds. The van der Waals surface area contributed by atoms with Crippen molar-refractivity contribution >= 4 is 11.3 Å². The molecule has 1 aromatic carbocycles. The Labute approximate surface area is 107 Å². The van der Waals surface area contributed by atoms with Crippen molar-refractivity contribution in [3.63, 3.8) is 0 Å². The Bertz CT molecular complexity index is 453. The second kappa shape index (κ2) is 5.48. The average molecular weight is 245 g/mol. The van der Waals surface area contributed by atoms with E-state index in [4.69, 9.17) is 5.73 Å². The van der Waals surface area contributed by atoms with Gasteiger partial charge >= 0.3 is 0 Å². The first kappa shape index (κ1) is 12.3. The molecule has 17 heavy (non-hydrogen) atoms. The smallest absolute Gasteiger partial charge is 0.0128 e. The minimum Gasteiger partial charge on any atom is -0.327 e. The third-order valence-electron chi connectivity index (χ3n) is 3.15. The molecule has 0 aliphatic rings. The fraction of sp³-hybridized carbons (Fsp3) is 0.333. The molecule has 1 nitrogen and oxygen atoms in total. The van der Waals surface area contributed by atoms with Crippen molar-refractivity contribution in [1.29, 1.82) is 0 Å². The molecule has 2 rings (SSSR count). The van der Waals surface area contributed by atoms with Crippen LogP contribution >= 0.6 is 11.3 Å². The van der Waals surface area contributed by atoms with E-state index in [-0.39, 0.29) is 6.04 Å². The Hall–Kier alpha value is -1.12. The van der Waals surface area contributed by atoms with Crippen molar-refractivity contribution < 1.29 is 0 Å². The van der Waals surface area contributed by atoms with Crippen LogP contribution in [0.25, 0.3) is 0 Å². The van der Waals surface area contributed by atoms with E-state index in [1.165, 1.54) is 21.6 Å². The van der Waals surface area contributed by atoms with Crippen molar-refractivity contribution in [2.45, 2.75) is 32.7 Å². The van der Waals surface area contributed by atoms with Gasteiger partial charge in [0.25, 0.3) is 0 Å². The molecule has 1 atom stereocenters. The Morgan fingerprint density at radius 1 is 1.06 bits per heavy atom. The van der Waals surface area contributed by atoms with Crippen LogP contribution < -0.4 is 5.73 Å². The maximum Gasteiger partial charge on any atom is 0.0128 e. The molecule has 90 valence electrons. The zero-order chi connectivity index (χ0) is 12.3. The van der Waals surface area contributed by atoms with Gasteiger partial charge < -0.3 is 5.73 Å². The molecule has 0 radical (unpaired) electrons. The minimum atomic E-state index is 0.216. The van der Waals surface area contributed by atoms with Crippen LogP contribution in [-0.2, 0) is 12.8 Å². The van der Waals surface area contributed by atoms with Gasteiger partial charge in [0.1, 0.15) is 0 Å². The van der Waals surface area contributed by atoms with E-state index in [2.05, 4.69) is 49.6 Å². The summed E-state index contributed by atoms with van der Waals surface area (Å²) in [5, 5.41) is 2.11. The van der Waals surface area contributed by atoms with E-state index in [0.717, 1.165) is 12.8 Å². The van der Waals surface area contributed by atoms with E-state index >= 15 is 0 Å². The molecule has 0 spiro atoms. The molecule has 0 aliphatic carbocycles. The molecular weight excluding hydrogens is 226 g/mol. The standard InChI is InChI=1S/C15H19NS/c1-11-5-3-6-12(2)15(11)10-13(16)9-14-7-4-8-17-14/h3-8,13H,9-10,16H2,1-2H3. The van der Waals surface area contributed by atoms with Crippen LogP contribution in [0.1, 0.15) is 21.6 Å². The zero-order valence-corrected chi connectivity index (χ0v) is 11.3. The van der Waals surface area contributed by atoms with E-state index in [9.17, 15) is 0 Å². The average Bonchev–Trinajstić information content (AvgIpc) is 2.76. The highest BCUT2D eigenvalue weighted by molar-refractivity contribution is 7.09. The van der Waals surface area contributed by atoms with Crippen LogP contribution in [0.2, 0.25) is 0 Å². The molecule has 1 unspecified atom stereocenters. The highest BCUT2D eigenvalue weighted by Crippen LogP contribution is 2.17. The topological polar surface area (TPSA) is 26.0 Å². The summed E-state index contributed by atoms with van der Waals surface area (Å²) >= 11 is 1.79. The van der Waals surface area contributed by atoms with Crippen molar-refractivity contribution in [3.8, 4) is 0 Å². The third kappa shape index (κ3) is 3.18. The minimum absolute atomic E-state index is 0.216. The highest BCUT2D eigenvalue weighted by Gasteiger charge is 2.09. The lowest BCUT2D eigenvalue weighted by atomic mass is 9.95. The highest BCUT2D eigenvalue weighted by atomic mass is 32.1. The summed E-state index contributed by atoms with van der Waals surface area (Å²) in [6.07, 6.45) is 1.95. The molecule has 0 saturated heterocycles. The summed E-state index contributed by atoms with van der Waals surface area (Å²) < 4.78 is 0. The summed E-state index contributed by atoms with van der Waals surface area (Å²) in [6, 6.07) is 10.9. The lowest BCUT2D eigenvalue weighted by molar-refractivity contribution is 0.666. The van der Waals surface area contributed by atoms with Gasteiger partial charge in [-0.2, -0.15) is 0 Å². The first-order valence-electron chi connectivity index (χ1n) is 6.00.